The van der Waals surface area contributed by atoms with E-state index in [9.17, 15) is 9.59 Å². The zero-order chi connectivity index (χ0) is 13.7. The van der Waals surface area contributed by atoms with Crippen molar-refractivity contribution >= 4 is 17.1 Å². The van der Waals surface area contributed by atoms with Crippen LogP contribution in [0.4, 0.5) is 5.95 Å². The summed E-state index contributed by atoms with van der Waals surface area (Å²) < 4.78 is 4.27. The largest absolute Gasteiger partial charge is 0.332 e. The molecule has 2 aromatic heterocycles. The zero-order valence-electron chi connectivity index (χ0n) is 11.2. The number of aromatic nitrogens is 4. The highest BCUT2D eigenvalue weighted by molar-refractivity contribution is 5.74. The maximum Gasteiger partial charge on any atom is 0.332 e. The van der Waals surface area contributed by atoms with E-state index >= 15 is 0 Å². The molecule has 1 aliphatic heterocycles. The van der Waals surface area contributed by atoms with Gasteiger partial charge < -0.3 is 9.47 Å². The van der Waals surface area contributed by atoms with Gasteiger partial charge in [0, 0.05) is 34.2 Å². The minimum atomic E-state index is -0.360. The lowest BCUT2D eigenvalue weighted by molar-refractivity contribution is 0.705. The molecule has 0 saturated carbocycles. The van der Waals surface area contributed by atoms with E-state index in [1.165, 1.54) is 11.6 Å². The number of nitrogens with zero attached hydrogens (tertiary/aromatic N) is 5. The van der Waals surface area contributed by atoms with Gasteiger partial charge in [-0.1, -0.05) is 0 Å². The molecule has 1 saturated heterocycles. The van der Waals surface area contributed by atoms with Crippen molar-refractivity contribution in [3.05, 3.63) is 20.8 Å². The van der Waals surface area contributed by atoms with Crippen LogP contribution in [0.1, 0.15) is 0 Å². The first-order valence-electron chi connectivity index (χ1n) is 6.10. The van der Waals surface area contributed by atoms with Gasteiger partial charge in [0.15, 0.2) is 11.2 Å². The first-order chi connectivity index (χ1) is 9.02. The summed E-state index contributed by atoms with van der Waals surface area (Å²) in [6.07, 6.45) is 0. The summed E-state index contributed by atoms with van der Waals surface area (Å²) in [4.78, 5) is 30.6. The highest BCUT2D eigenvalue weighted by Gasteiger charge is 2.22. The molecule has 0 aromatic carbocycles. The van der Waals surface area contributed by atoms with Gasteiger partial charge in [-0.2, -0.15) is 4.98 Å². The second-order valence-corrected chi connectivity index (χ2v) is 4.77. The first-order valence-corrected chi connectivity index (χ1v) is 6.10. The molecule has 19 heavy (non-hydrogen) atoms. The molecule has 8 nitrogen and oxygen atoms in total. The Bertz CT molecular complexity index is 762. The van der Waals surface area contributed by atoms with Crippen LogP contribution in [0.25, 0.3) is 11.2 Å². The van der Waals surface area contributed by atoms with Crippen molar-refractivity contribution in [1.82, 2.24) is 24.0 Å². The molecule has 2 aromatic rings. The van der Waals surface area contributed by atoms with E-state index in [0.717, 1.165) is 17.7 Å². The summed E-state index contributed by atoms with van der Waals surface area (Å²) in [6.45, 7) is 2.43. The predicted molar refractivity (Wildman–Crippen MR) is 71.4 cm³/mol. The number of fused-ring (bicyclic) bond motifs is 1. The fraction of sp³-hybridized carbons (Fsp3) is 0.545. The number of imidazole rings is 1. The fourth-order valence-corrected chi connectivity index (χ4v) is 2.47. The smallest absolute Gasteiger partial charge is 0.328 e. The number of rotatable bonds is 1. The predicted octanol–water partition coefficient (Wildman–Crippen LogP) is -1.66. The summed E-state index contributed by atoms with van der Waals surface area (Å²) >= 11 is 0. The Balaban J connectivity index is 2.38. The lowest BCUT2D eigenvalue weighted by atomic mass is 10.5. The van der Waals surface area contributed by atoms with Crippen molar-refractivity contribution in [1.29, 1.82) is 0 Å². The van der Waals surface area contributed by atoms with Crippen LogP contribution in [0.5, 0.6) is 0 Å². The van der Waals surface area contributed by atoms with Gasteiger partial charge in [0.2, 0.25) is 5.95 Å². The standard InChI is InChI=1S/C11H16N6O2/c1-14-7-8(13-10(14)17-5-4-12-6-17)15(2)11(19)16(3)9(7)18/h12H,4-6H2,1-3H3. The quantitative estimate of drug-likeness (QED) is 0.667. The maximum absolute atomic E-state index is 12.2. The molecule has 3 heterocycles. The molecule has 1 aliphatic rings. The Morgan fingerprint density at radius 3 is 2.47 bits per heavy atom. The summed E-state index contributed by atoms with van der Waals surface area (Å²) in [7, 11) is 4.91. The second-order valence-electron chi connectivity index (χ2n) is 4.77. The van der Waals surface area contributed by atoms with Gasteiger partial charge in [0.1, 0.15) is 0 Å². The minimum Gasteiger partial charge on any atom is -0.328 e. The lowest BCUT2D eigenvalue weighted by Crippen LogP contribution is -2.37. The number of hydrogen-bond acceptors (Lipinski definition) is 5. The van der Waals surface area contributed by atoms with Crippen molar-refractivity contribution in [3.63, 3.8) is 0 Å². The maximum atomic E-state index is 12.2. The molecule has 0 atom stereocenters. The Kier molecular flexibility index (Phi) is 2.49. The van der Waals surface area contributed by atoms with Crippen LogP contribution in [0.15, 0.2) is 9.59 Å². The molecule has 102 valence electrons. The zero-order valence-corrected chi connectivity index (χ0v) is 11.2. The van der Waals surface area contributed by atoms with Gasteiger partial charge >= 0.3 is 5.69 Å². The van der Waals surface area contributed by atoms with Gasteiger partial charge in [-0.3, -0.25) is 19.2 Å². The Morgan fingerprint density at radius 2 is 1.84 bits per heavy atom. The number of nitrogens with one attached hydrogen (secondary N) is 1. The molecule has 0 bridgehead atoms. The van der Waals surface area contributed by atoms with Crippen molar-refractivity contribution in [3.8, 4) is 0 Å². The summed E-state index contributed by atoms with van der Waals surface area (Å²) in [6, 6.07) is 0. The number of aryl methyl sites for hydroxylation is 2. The summed E-state index contributed by atoms with van der Waals surface area (Å²) in [5.41, 5.74) is 0.206. The van der Waals surface area contributed by atoms with Crippen LogP contribution in [0, 0.1) is 0 Å². The Morgan fingerprint density at radius 1 is 1.11 bits per heavy atom. The first kappa shape index (κ1) is 12.0. The van der Waals surface area contributed by atoms with Crippen LogP contribution in [-0.4, -0.2) is 38.4 Å². The van der Waals surface area contributed by atoms with Gasteiger partial charge in [-0.05, 0) is 0 Å². The van der Waals surface area contributed by atoms with Crippen LogP contribution < -0.4 is 21.5 Å². The van der Waals surface area contributed by atoms with Crippen LogP contribution in [-0.2, 0) is 21.1 Å². The topological polar surface area (TPSA) is 77.1 Å². The molecule has 8 heteroatoms. The van der Waals surface area contributed by atoms with Gasteiger partial charge in [0.05, 0.1) is 6.67 Å². The van der Waals surface area contributed by atoms with Crippen LogP contribution >= 0.6 is 0 Å². The fourth-order valence-electron chi connectivity index (χ4n) is 2.47. The van der Waals surface area contributed by atoms with Crippen LogP contribution in [0.3, 0.4) is 0 Å². The molecule has 3 rings (SSSR count). The average molecular weight is 264 g/mol. The molecule has 0 radical (unpaired) electrons. The molecule has 1 N–H and O–H groups in total. The minimum absolute atomic E-state index is 0.313. The number of hydrogen-bond donors (Lipinski definition) is 1. The molecule has 0 spiro atoms. The highest BCUT2D eigenvalue weighted by Crippen LogP contribution is 2.17. The Hall–Kier alpha value is -2.09. The van der Waals surface area contributed by atoms with Gasteiger partial charge in [0.25, 0.3) is 5.56 Å². The second kappa shape index (κ2) is 3.95. The lowest BCUT2D eigenvalue weighted by Gasteiger charge is -2.14. The molecule has 0 amide bonds. The van der Waals surface area contributed by atoms with E-state index in [2.05, 4.69) is 10.3 Å². The highest BCUT2D eigenvalue weighted by atomic mass is 16.2. The van der Waals surface area contributed by atoms with Crippen LogP contribution in [0.2, 0.25) is 0 Å². The average Bonchev–Trinajstić information content (AvgIpc) is 3.01. The molecule has 1 fully saturated rings. The normalized spacial score (nSPS) is 15.6. The third kappa shape index (κ3) is 1.53. The molecular formula is C11H16N6O2. The van der Waals surface area contributed by atoms with Gasteiger partial charge in [-0.25, -0.2) is 4.79 Å². The summed E-state index contributed by atoms with van der Waals surface area (Å²) in [5, 5.41) is 3.22. The third-order valence-corrected chi connectivity index (χ3v) is 3.60. The van der Waals surface area contributed by atoms with E-state index in [1.807, 2.05) is 4.90 Å². The molecule has 0 unspecified atom stereocenters. The third-order valence-electron chi connectivity index (χ3n) is 3.60. The van der Waals surface area contributed by atoms with E-state index in [0.29, 0.717) is 23.8 Å². The van der Waals surface area contributed by atoms with Crippen molar-refractivity contribution < 1.29 is 0 Å². The van der Waals surface area contributed by atoms with Gasteiger partial charge in [-0.15, -0.1) is 0 Å². The Labute approximate surface area is 108 Å². The van der Waals surface area contributed by atoms with E-state index in [1.54, 1.807) is 18.7 Å². The van der Waals surface area contributed by atoms with Crippen molar-refractivity contribution in [2.45, 2.75) is 0 Å². The monoisotopic (exact) mass is 264 g/mol. The summed E-state index contributed by atoms with van der Waals surface area (Å²) in [5.74, 6) is 0.707. The SMILES string of the molecule is Cn1c(=O)c2c(nc(N3CCNC3)n2C)n(C)c1=O. The number of anilines is 1. The van der Waals surface area contributed by atoms with E-state index < -0.39 is 0 Å². The molecular weight excluding hydrogens is 248 g/mol. The van der Waals surface area contributed by atoms with Crippen molar-refractivity contribution in [2.24, 2.45) is 21.1 Å². The molecule has 0 aliphatic carbocycles. The van der Waals surface area contributed by atoms with E-state index in [4.69, 9.17) is 0 Å². The van der Waals surface area contributed by atoms with E-state index in [-0.39, 0.29) is 11.2 Å². The van der Waals surface area contributed by atoms with Crippen molar-refractivity contribution in [2.75, 3.05) is 24.7 Å².